The molecule has 0 aromatic carbocycles. The SMILES string of the molecule is Clc1cnc2c(c1NC1CCCC1)CCN2. The van der Waals surface area contributed by atoms with Crippen LogP contribution in [0.1, 0.15) is 31.2 Å². The van der Waals surface area contributed by atoms with Gasteiger partial charge in [-0.3, -0.25) is 0 Å². The third-order valence-corrected chi connectivity index (χ3v) is 3.79. The number of hydrogen-bond acceptors (Lipinski definition) is 3. The van der Waals surface area contributed by atoms with Gasteiger partial charge in [0.05, 0.1) is 16.9 Å². The van der Waals surface area contributed by atoms with Crippen LogP contribution in [-0.2, 0) is 6.42 Å². The normalized spacial score (nSPS) is 19.6. The van der Waals surface area contributed by atoms with Crippen molar-refractivity contribution in [2.24, 2.45) is 0 Å². The first-order chi connectivity index (χ1) is 7.84. The highest BCUT2D eigenvalue weighted by Crippen LogP contribution is 2.35. The molecule has 3 nitrogen and oxygen atoms in total. The Bertz CT molecular complexity index is 399. The van der Waals surface area contributed by atoms with E-state index < -0.39 is 0 Å². The monoisotopic (exact) mass is 237 g/mol. The Hall–Kier alpha value is -0.960. The molecule has 86 valence electrons. The molecule has 3 rings (SSSR count). The zero-order chi connectivity index (χ0) is 11.0. The minimum Gasteiger partial charge on any atom is -0.381 e. The van der Waals surface area contributed by atoms with Gasteiger partial charge in [-0.2, -0.15) is 0 Å². The molecule has 0 bridgehead atoms. The fourth-order valence-corrected chi connectivity index (χ4v) is 2.88. The zero-order valence-electron chi connectivity index (χ0n) is 9.22. The van der Waals surface area contributed by atoms with Gasteiger partial charge < -0.3 is 10.6 Å². The minimum absolute atomic E-state index is 0.601. The van der Waals surface area contributed by atoms with Gasteiger partial charge in [-0.25, -0.2) is 4.98 Å². The average molecular weight is 238 g/mol. The molecule has 0 atom stereocenters. The summed E-state index contributed by atoms with van der Waals surface area (Å²) in [7, 11) is 0. The Morgan fingerprint density at radius 2 is 2.19 bits per heavy atom. The van der Waals surface area contributed by atoms with E-state index in [1.165, 1.54) is 31.2 Å². The first-order valence-electron chi connectivity index (χ1n) is 6.02. The molecule has 0 amide bonds. The minimum atomic E-state index is 0.601. The van der Waals surface area contributed by atoms with Crippen LogP contribution in [0.15, 0.2) is 6.20 Å². The van der Waals surface area contributed by atoms with Gasteiger partial charge in [-0.15, -0.1) is 0 Å². The molecule has 0 radical (unpaired) electrons. The summed E-state index contributed by atoms with van der Waals surface area (Å²) in [4.78, 5) is 4.31. The van der Waals surface area contributed by atoms with E-state index in [4.69, 9.17) is 11.6 Å². The number of aromatic nitrogens is 1. The van der Waals surface area contributed by atoms with Crippen LogP contribution >= 0.6 is 11.6 Å². The van der Waals surface area contributed by atoms with Crippen molar-refractivity contribution in [3.63, 3.8) is 0 Å². The summed E-state index contributed by atoms with van der Waals surface area (Å²) in [6.45, 7) is 0.974. The standard InChI is InChI=1S/C12H16ClN3/c13-10-7-15-12-9(5-6-14-12)11(10)16-8-3-1-2-4-8/h7-8H,1-6H2,(H2,14,15,16). The number of pyridine rings is 1. The van der Waals surface area contributed by atoms with Gasteiger partial charge in [0.2, 0.25) is 0 Å². The largest absolute Gasteiger partial charge is 0.381 e. The highest BCUT2D eigenvalue weighted by Gasteiger charge is 2.22. The smallest absolute Gasteiger partial charge is 0.131 e. The number of nitrogens with one attached hydrogen (secondary N) is 2. The second-order valence-electron chi connectivity index (χ2n) is 4.61. The first-order valence-corrected chi connectivity index (χ1v) is 6.40. The number of hydrogen-bond donors (Lipinski definition) is 2. The van der Waals surface area contributed by atoms with Crippen LogP contribution in [0.25, 0.3) is 0 Å². The lowest BCUT2D eigenvalue weighted by atomic mass is 10.1. The summed E-state index contributed by atoms with van der Waals surface area (Å²) < 4.78 is 0. The number of anilines is 2. The molecular weight excluding hydrogens is 222 g/mol. The molecule has 0 unspecified atom stereocenters. The van der Waals surface area contributed by atoms with Gasteiger partial charge in [0.1, 0.15) is 5.82 Å². The zero-order valence-corrected chi connectivity index (χ0v) is 9.98. The Labute approximate surface area is 101 Å². The van der Waals surface area contributed by atoms with E-state index in [-0.39, 0.29) is 0 Å². The van der Waals surface area contributed by atoms with Crippen molar-refractivity contribution in [3.8, 4) is 0 Å². The second-order valence-corrected chi connectivity index (χ2v) is 5.02. The van der Waals surface area contributed by atoms with E-state index in [2.05, 4.69) is 15.6 Å². The lowest BCUT2D eigenvalue weighted by Crippen LogP contribution is -2.16. The summed E-state index contributed by atoms with van der Waals surface area (Å²) in [5.74, 6) is 1.00. The third-order valence-electron chi connectivity index (χ3n) is 3.50. The maximum absolute atomic E-state index is 6.23. The number of halogens is 1. The fraction of sp³-hybridized carbons (Fsp3) is 0.583. The number of fused-ring (bicyclic) bond motifs is 1. The van der Waals surface area contributed by atoms with Crippen LogP contribution in [0.2, 0.25) is 5.02 Å². The second kappa shape index (κ2) is 4.13. The van der Waals surface area contributed by atoms with E-state index in [0.717, 1.165) is 29.5 Å². The van der Waals surface area contributed by atoms with Crippen molar-refractivity contribution in [2.45, 2.75) is 38.1 Å². The van der Waals surface area contributed by atoms with Crippen LogP contribution in [0.5, 0.6) is 0 Å². The molecule has 1 saturated carbocycles. The van der Waals surface area contributed by atoms with Gasteiger partial charge in [-0.1, -0.05) is 24.4 Å². The van der Waals surface area contributed by atoms with Crippen LogP contribution in [0.4, 0.5) is 11.5 Å². The van der Waals surface area contributed by atoms with E-state index in [0.29, 0.717) is 6.04 Å². The van der Waals surface area contributed by atoms with E-state index in [1.54, 1.807) is 6.20 Å². The summed E-state index contributed by atoms with van der Waals surface area (Å²) in [5.41, 5.74) is 2.38. The Kier molecular flexibility index (Phi) is 2.64. The average Bonchev–Trinajstić information content (AvgIpc) is 2.92. The topological polar surface area (TPSA) is 37.0 Å². The van der Waals surface area contributed by atoms with Crippen molar-refractivity contribution in [3.05, 3.63) is 16.8 Å². The molecule has 0 saturated heterocycles. The number of nitrogens with zero attached hydrogens (tertiary/aromatic N) is 1. The Morgan fingerprint density at radius 3 is 3.00 bits per heavy atom. The van der Waals surface area contributed by atoms with E-state index >= 15 is 0 Å². The molecule has 1 aromatic rings. The fourth-order valence-electron chi connectivity index (χ4n) is 2.66. The van der Waals surface area contributed by atoms with Gasteiger partial charge in [-0.05, 0) is 19.3 Å². The molecule has 2 N–H and O–H groups in total. The summed E-state index contributed by atoms with van der Waals surface area (Å²) in [5, 5.41) is 7.64. The van der Waals surface area contributed by atoms with Crippen LogP contribution in [0, 0.1) is 0 Å². The molecule has 2 heterocycles. The summed E-state index contributed by atoms with van der Waals surface area (Å²) >= 11 is 6.23. The quantitative estimate of drug-likeness (QED) is 0.830. The van der Waals surface area contributed by atoms with Crippen LogP contribution in [0.3, 0.4) is 0 Å². The molecule has 1 aliphatic carbocycles. The molecular formula is C12H16ClN3. The predicted octanol–water partition coefficient (Wildman–Crippen LogP) is 3.06. The van der Waals surface area contributed by atoms with Crippen molar-refractivity contribution >= 4 is 23.1 Å². The van der Waals surface area contributed by atoms with E-state index in [1.807, 2.05) is 0 Å². The lowest BCUT2D eigenvalue weighted by Gasteiger charge is -2.17. The molecule has 1 fully saturated rings. The summed E-state index contributed by atoms with van der Waals surface area (Å²) in [6.07, 6.45) is 7.97. The van der Waals surface area contributed by atoms with Gasteiger partial charge in [0, 0.05) is 18.2 Å². The maximum atomic E-state index is 6.23. The molecule has 1 aliphatic heterocycles. The maximum Gasteiger partial charge on any atom is 0.131 e. The predicted molar refractivity (Wildman–Crippen MR) is 67.3 cm³/mol. The van der Waals surface area contributed by atoms with Gasteiger partial charge >= 0.3 is 0 Å². The van der Waals surface area contributed by atoms with Crippen molar-refractivity contribution in [2.75, 3.05) is 17.2 Å². The van der Waals surface area contributed by atoms with Crippen molar-refractivity contribution in [1.82, 2.24) is 4.98 Å². The third kappa shape index (κ3) is 1.73. The number of rotatable bonds is 2. The molecule has 0 spiro atoms. The van der Waals surface area contributed by atoms with Gasteiger partial charge in [0.15, 0.2) is 0 Å². The molecule has 2 aliphatic rings. The highest BCUT2D eigenvalue weighted by atomic mass is 35.5. The van der Waals surface area contributed by atoms with Crippen LogP contribution in [-0.4, -0.2) is 17.6 Å². The molecule has 1 aromatic heterocycles. The highest BCUT2D eigenvalue weighted by molar-refractivity contribution is 6.33. The Morgan fingerprint density at radius 1 is 1.38 bits per heavy atom. The molecule has 16 heavy (non-hydrogen) atoms. The molecule has 4 heteroatoms. The van der Waals surface area contributed by atoms with Crippen molar-refractivity contribution < 1.29 is 0 Å². The van der Waals surface area contributed by atoms with Gasteiger partial charge in [0.25, 0.3) is 0 Å². The van der Waals surface area contributed by atoms with Crippen LogP contribution < -0.4 is 10.6 Å². The first kappa shape index (κ1) is 10.2. The summed E-state index contributed by atoms with van der Waals surface area (Å²) in [6, 6.07) is 0.601. The van der Waals surface area contributed by atoms with E-state index in [9.17, 15) is 0 Å². The lowest BCUT2D eigenvalue weighted by molar-refractivity contribution is 0.754. The van der Waals surface area contributed by atoms with Crippen molar-refractivity contribution in [1.29, 1.82) is 0 Å². The Balaban J connectivity index is 1.90.